The van der Waals surface area contributed by atoms with Crippen LogP contribution in [0.2, 0.25) is 0 Å². The van der Waals surface area contributed by atoms with E-state index in [1.54, 1.807) is 37.1 Å². The van der Waals surface area contributed by atoms with Crippen LogP contribution in [0.1, 0.15) is 33.5 Å². The number of anilines is 2. The average molecular weight is 463 g/mol. The molecule has 34 heavy (non-hydrogen) atoms. The summed E-state index contributed by atoms with van der Waals surface area (Å²) in [4.78, 5) is 29.8. The zero-order valence-electron chi connectivity index (χ0n) is 19.4. The van der Waals surface area contributed by atoms with Gasteiger partial charge in [0.05, 0.1) is 38.1 Å². The van der Waals surface area contributed by atoms with E-state index in [2.05, 4.69) is 22.5 Å². The maximum absolute atomic E-state index is 12.7. The van der Waals surface area contributed by atoms with Crippen LogP contribution in [-0.2, 0) is 18.2 Å². The number of para-hydroxylation sites is 1. The van der Waals surface area contributed by atoms with Gasteiger partial charge in [0.2, 0.25) is 0 Å². The third-order valence-electron chi connectivity index (χ3n) is 5.52. The number of fused-ring (bicyclic) bond motifs is 1. The van der Waals surface area contributed by atoms with Crippen LogP contribution in [0.3, 0.4) is 0 Å². The lowest BCUT2D eigenvalue weighted by Crippen LogP contribution is -2.18. The van der Waals surface area contributed by atoms with Crippen LogP contribution in [0.5, 0.6) is 5.75 Å². The summed E-state index contributed by atoms with van der Waals surface area (Å²) < 4.78 is 17.2. The molecule has 3 heterocycles. The van der Waals surface area contributed by atoms with Gasteiger partial charge in [0.1, 0.15) is 11.4 Å². The molecular formula is C25H26N4O5. The van der Waals surface area contributed by atoms with Gasteiger partial charge in [-0.25, -0.2) is 9.78 Å². The molecule has 4 rings (SSSR count). The zero-order chi connectivity index (χ0) is 24.2. The highest BCUT2D eigenvalue weighted by Gasteiger charge is 2.25. The van der Waals surface area contributed by atoms with Crippen molar-refractivity contribution in [1.82, 2.24) is 9.55 Å². The number of carbonyl (C=O) groups excluding carboxylic acids is 2. The highest BCUT2D eigenvalue weighted by molar-refractivity contribution is 6.14. The van der Waals surface area contributed by atoms with Crippen molar-refractivity contribution in [2.45, 2.75) is 19.4 Å². The molecule has 4 aromatic rings. The van der Waals surface area contributed by atoms with Gasteiger partial charge in [-0.05, 0) is 43.2 Å². The van der Waals surface area contributed by atoms with Gasteiger partial charge in [-0.3, -0.25) is 4.79 Å². The van der Waals surface area contributed by atoms with E-state index >= 15 is 0 Å². The molecule has 9 heteroatoms. The standard InChI is InChI=1S/C25H26N4O5/c1-15(12-16-8-5-6-9-19(16)32-3)27-17-13-18-21(28-24(30)20-10-7-11-34-20)22(25(31)33-4)29(2)23(18)26-14-17/h5-11,13-15,27H,12H2,1-4H3,(H,28,30)/t15-/m0/s1. The van der Waals surface area contributed by atoms with E-state index in [1.165, 1.54) is 13.4 Å². The first kappa shape index (κ1) is 22.9. The Balaban J connectivity index is 1.67. The van der Waals surface area contributed by atoms with Crippen LogP contribution < -0.4 is 15.4 Å². The third kappa shape index (κ3) is 4.45. The largest absolute Gasteiger partial charge is 0.496 e. The van der Waals surface area contributed by atoms with E-state index in [0.29, 0.717) is 16.7 Å². The van der Waals surface area contributed by atoms with Gasteiger partial charge in [0.25, 0.3) is 5.91 Å². The van der Waals surface area contributed by atoms with Gasteiger partial charge in [0, 0.05) is 18.5 Å². The predicted octanol–water partition coefficient (Wildman–Crippen LogP) is 4.26. The van der Waals surface area contributed by atoms with Crippen molar-refractivity contribution in [3.05, 3.63) is 71.9 Å². The van der Waals surface area contributed by atoms with Gasteiger partial charge in [-0.1, -0.05) is 18.2 Å². The number of furan rings is 1. The number of aryl methyl sites for hydroxylation is 1. The fraction of sp³-hybridized carbons (Fsp3) is 0.240. The van der Waals surface area contributed by atoms with Crippen molar-refractivity contribution in [3.8, 4) is 5.75 Å². The van der Waals surface area contributed by atoms with Crippen molar-refractivity contribution in [2.24, 2.45) is 7.05 Å². The number of pyridine rings is 1. The minimum atomic E-state index is -0.589. The van der Waals surface area contributed by atoms with Crippen LogP contribution in [0.15, 0.2) is 59.3 Å². The number of rotatable bonds is 8. The SMILES string of the molecule is COC(=O)c1c(NC(=O)c2ccco2)c2cc(N[C@@H](C)Cc3ccccc3OC)cnc2n1C. The maximum Gasteiger partial charge on any atom is 0.356 e. The van der Waals surface area contributed by atoms with Crippen molar-refractivity contribution >= 4 is 34.3 Å². The Morgan fingerprint density at radius 1 is 1.18 bits per heavy atom. The Morgan fingerprint density at radius 3 is 2.68 bits per heavy atom. The molecule has 0 saturated heterocycles. The number of esters is 1. The number of methoxy groups -OCH3 is 2. The van der Waals surface area contributed by atoms with Gasteiger partial charge in [0.15, 0.2) is 11.5 Å². The van der Waals surface area contributed by atoms with E-state index in [0.717, 1.165) is 23.4 Å². The fourth-order valence-electron chi connectivity index (χ4n) is 3.97. The lowest BCUT2D eigenvalue weighted by atomic mass is 10.1. The molecule has 0 aliphatic heterocycles. The molecule has 0 aliphatic carbocycles. The summed E-state index contributed by atoms with van der Waals surface area (Å²) in [5.41, 5.74) is 2.84. The predicted molar refractivity (Wildman–Crippen MR) is 128 cm³/mol. The molecule has 0 aliphatic rings. The number of hydrogen-bond acceptors (Lipinski definition) is 7. The lowest BCUT2D eigenvalue weighted by Gasteiger charge is -2.17. The number of carbonyl (C=O) groups is 2. The van der Waals surface area contributed by atoms with Crippen LogP contribution >= 0.6 is 0 Å². The number of hydrogen-bond donors (Lipinski definition) is 2. The maximum atomic E-state index is 12.7. The fourth-order valence-corrected chi connectivity index (χ4v) is 3.97. The minimum absolute atomic E-state index is 0.0560. The first-order valence-corrected chi connectivity index (χ1v) is 10.7. The summed E-state index contributed by atoms with van der Waals surface area (Å²) in [6.45, 7) is 2.06. The van der Waals surface area contributed by atoms with Crippen LogP contribution in [-0.4, -0.2) is 41.7 Å². The second-order valence-electron chi connectivity index (χ2n) is 7.86. The summed E-state index contributed by atoms with van der Waals surface area (Å²) in [6.07, 6.45) is 3.83. The first-order valence-electron chi connectivity index (χ1n) is 10.7. The summed E-state index contributed by atoms with van der Waals surface area (Å²) in [5.74, 6) is -0.112. The van der Waals surface area contributed by atoms with Gasteiger partial charge in [-0.2, -0.15) is 0 Å². The molecular weight excluding hydrogens is 436 g/mol. The summed E-state index contributed by atoms with van der Waals surface area (Å²) in [7, 11) is 4.64. The van der Waals surface area contributed by atoms with Crippen molar-refractivity contribution in [3.63, 3.8) is 0 Å². The Labute approximate surface area is 196 Å². The molecule has 0 bridgehead atoms. The Bertz CT molecular complexity index is 1330. The number of ether oxygens (including phenoxy) is 2. The van der Waals surface area contributed by atoms with Crippen molar-refractivity contribution in [1.29, 1.82) is 0 Å². The van der Waals surface area contributed by atoms with Gasteiger partial charge >= 0.3 is 5.97 Å². The van der Waals surface area contributed by atoms with E-state index in [4.69, 9.17) is 13.9 Å². The molecule has 176 valence electrons. The van der Waals surface area contributed by atoms with E-state index in [-0.39, 0.29) is 17.5 Å². The number of nitrogens with one attached hydrogen (secondary N) is 2. The highest BCUT2D eigenvalue weighted by atomic mass is 16.5. The monoisotopic (exact) mass is 462 g/mol. The number of nitrogens with zero attached hydrogens (tertiary/aromatic N) is 2. The molecule has 9 nitrogen and oxygen atoms in total. The second kappa shape index (κ2) is 9.70. The number of amides is 1. The minimum Gasteiger partial charge on any atom is -0.496 e. The molecule has 1 atom stereocenters. The topological polar surface area (TPSA) is 108 Å². The molecule has 0 saturated carbocycles. The third-order valence-corrected chi connectivity index (χ3v) is 5.52. The number of aromatic nitrogens is 2. The van der Waals surface area contributed by atoms with Crippen LogP contribution in [0, 0.1) is 0 Å². The molecule has 1 aromatic carbocycles. The molecule has 3 aromatic heterocycles. The molecule has 0 radical (unpaired) electrons. The van der Waals surface area contributed by atoms with E-state index < -0.39 is 11.9 Å². The van der Waals surface area contributed by atoms with Gasteiger partial charge in [-0.15, -0.1) is 0 Å². The molecule has 2 N–H and O–H groups in total. The lowest BCUT2D eigenvalue weighted by molar-refractivity contribution is 0.0591. The molecule has 1 amide bonds. The molecule has 0 spiro atoms. The smallest absolute Gasteiger partial charge is 0.356 e. The highest BCUT2D eigenvalue weighted by Crippen LogP contribution is 2.32. The summed E-state index contributed by atoms with van der Waals surface area (Å²) >= 11 is 0. The van der Waals surface area contributed by atoms with Gasteiger partial charge < -0.3 is 29.1 Å². The van der Waals surface area contributed by atoms with E-state index in [1.807, 2.05) is 30.3 Å². The summed E-state index contributed by atoms with van der Waals surface area (Å²) in [5, 5.41) is 6.82. The van der Waals surface area contributed by atoms with Crippen molar-refractivity contribution in [2.75, 3.05) is 24.9 Å². The normalized spacial score (nSPS) is 11.8. The average Bonchev–Trinajstić information content (AvgIpc) is 3.46. The summed E-state index contributed by atoms with van der Waals surface area (Å²) in [6, 6.07) is 12.9. The number of benzene rings is 1. The molecule has 0 fully saturated rings. The Kier molecular flexibility index (Phi) is 6.53. The van der Waals surface area contributed by atoms with Crippen molar-refractivity contribution < 1.29 is 23.5 Å². The van der Waals surface area contributed by atoms with E-state index in [9.17, 15) is 9.59 Å². The Morgan fingerprint density at radius 2 is 1.97 bits per heavy atom. The second-order valence-corrected chi connectivity index (χ2v) is 7.86. The quantitative estimate of drug-likeness (QED) is 0.377. The zero-order valence-corrected chi connectivity index (χ0v) is 19.4. The Hall–Kier alpha value is -4.27. The molecule has 0 unspecified atom stereocenters. The van der Waals surface area contributed by atoms with Crippen LogP contribution in [0.4, 0.5) is 11.4 Å². The first-order chi connectivity index (χ1) is 16.4. The van der Waals surface area contributed by atoms with Crippen LogP contribution in [0.25, 0.3) is 11.0 Å².